The lowest BCUT2D eigenvalue weighted by molar-refractivity contribution is -0.123. The highest BCUT2D eigenvalue weighted by Gasteiger charge is 2.62. The number of benzene rings is 1. The third-order valence-electron chi connectivity index (χ3n) is 7.41. The smallest absolute Gasteiger partial charge is 0.308 e. The SMILES string of the molecule is CCOP(=O)(OCC)C(CC1(CC(P(=O)(OCC)OCC)P(=O)(OCC)OCC)C(=O)Cc2ccccc21)P(=O)(OCC)OCC. The highest BCUT2D eigenvalue weighted by atomic mass is 31.2. The second kappa shape index (κ2) is 18.5. The molecule has 1 aromatic rings. The van der Waals surface area contributed by atoms with Crippen LogP contribution in [-0.4, -0.2) is 69.4 Å². The maximum Gasteiger partial charge on any atom is 0.345 e. The van der Waals surface area contributed by atoms with Crippen LogP contribution >= 0.6 is 30.4 Å². The fourth-order valence-electron chi connectivity index (χ4n) is 5.86. The summed E-state index contributed by atoms with van der Waals surface area (Å²) in [5.74, 6) is -0.387. The van der Waals surface area contributed by atoms with Gasteiger partial charge in [-0.1, -0.05) is 24.3 Å². The zero-order valence-corrected chi connectivity index (χ0v) is 31.9. The molecule has 0 atom stereocenters. The van der Waals surface area contributed by atoms with E-state index < -0.39 is 59.4 Å². The largest absolute Gasteiger partial charge is 0.345 e. The molecule has 0 aromatic heterocycles. The molecule has 266 valence electrons. The Morgan fingerprint density at radius 1 is 0.543 bits per heavy atom. The Morgan fingerprint density at radius 3 is 1.11 bits per heavy atom. The average Bonchev–Trinajstić information content (AvgIpc) is 3.26. The lowest BCUT2D eigenvalue weighted by Gasteiger charge is -2.41. The fourth-order valence-corrected chi connectivity index (χ4v) is 16.9. The van der Waals surface area contributed by atoms with Crippen molar-refractivity contribution in [2.45, 2.75) is 90.9 Å². The number of Topliss-reactive ketones (excluding diaryl/α,β-unsaturated/α-hetero) is 1. The first-order valence-corrected chi connectivity index (χ1v) is 22.4. The van der Waals surface area contributed by atoms with Crippen LogP contribution in [0.5, 0.6) is 0 Å². The van der Waals surface area contributed by atoms with Gasteiger partial charge in [0.1, 0.15) is 5.78 Å². The van der Waals surface area contributed by atoms with Crippen molar-refractivity contribution in [1.29, 1.82) is 0 Å². The van der Waals surface area contributed by atoms with Crippen molar-refractivity contribution in [2.75, 3.05) is 52.9 Å². The Hall–Kier alpha value is -0.510. The van der Waals surface area contributed by atoms with Crippen LogP contribution in [0, 0.1) is 0 Å². The third kappa shape index (κ3) is 9.18. The molecule has 0 spiro atoms. The monoisotopic (exact) mass is 732 g/mol. The second-order valence-electron chi connectivity index (χ2n) is 10.2. The minimum atomic E-state index is -4.35. The molecule has 0 bridgehead atoms. The summed E-state index contributed by atoms with van der Waals surface area (Å²) in [4.78, 5) is 14.5. The minimum Gasteiger partial charge on any atom is -0.308 e. The van der Waals surface area contributed by atoms with E-state index in [9.17, 15) is 23.1 Å². The Kier molecular flexibility index (Phi) is 16.7. The van der Waals surface area contributed by atoms with Crippen molar-refractivity contribution >= 4 is 36.2 Å². The van der Waals surface area contributed by atoms with E-state index in [0.29, 0.717) is 11.1 Å². The molecule has 2 rings (SSSR count). The van der Waals surface area contributed by atoms with Crippen molar-refractivity contribution in [3.63, 3.8) is 0 Å². The lowest BCUT2D eigenvalue weighted by Crippen LogP contribution is -2.40. The molecule has 0 heterocycles. The van der Waals surface area contributed by atoms with Crippen LogP contribution in [0.25, 0.3) is 0 Å². The number of carbonyl (C=O) groups is 1. The van der Waals surface area contributed by atoms with Gasteiger partial charge in [0.05, 0.1) is 58.3 Å². The van der Waals surface area contributed by atoms with Crippen LogP contribution in [0.4, 0.5) is 0 Å². The Balaban J connectivity index is 3.06. The summed E-state index contributed by atoms with van der Waals surface area (Å²) in [6.45, 7) is 12.3. The topological polar surface area (TPSA) is 159 Å². The van der Waals surface area contributed by atoms with Crippen LogP contribution < -0.4 is 0 Å². The van der Waals surface area contributed by atoms with E-state index in [1.165, 1.54) is 0 Å². The fraction of sp³-hybridized carbons (Fsp3) is 0.759. The Labute approximate surface area is 274 Å². The van der Waals surface area contributed by atoms with E-state index in [2.05, 4.69) is 0 Å². The average molecular weight is 733 g/mol. The van der Waals surface area contributed by atoms with Gasteiger partial charge in [0.15, 0.2) is 10.8 Å². The normalized spacial score (nSPS) is 15.7. The molecular formula is C29H52O13P4. The van der Waals surface area contributed by atoms with E-state index in [4.69, 9.17) is 36.2 Å². The van der Waals surface area contributed by atoms with Crippen LogP contribution in [-0.2, 0) is 71.1 Å². The third-order valence-corrected chi connectivity index (χ3v) is 19.4. The van der Waals surface area contributed by atoms with Crippen LogP contribution in [0.2, 0.25) is 0 Å². The molecule has 0 radical (unpaired) electrons. The predicted molar refractivity (Wildman–Crippen MR) is 177 cm³/mol. The van der Waals surface area contributed by atoms with Gasteiger partial charge >= 0.3 is 30.4 Å². The second-order valence-corrected chi connectivity index (χ2v) is 19.9. The molecule has 0 aliphatic heterocycles. The van der Waals surface area contributed by atoms with Gasteiger partial charge in [0.2, 0.25) is 0 Å². The number of fused-ring (bicyclic) bond motifs is 1. The van der Waals surface area contributed by atoms with Gasteiger partial charge in [-0.05, 0) is 79.4 Å². The van der Waals surface area contributed by atoms with E-state index in [1.54, 1.807) is 79.7 Å². The molecular weight excluding hydrogens is 680 g/mol. The molecule has 0 fully saturated rings. The molecule has 13 nitrogen and oxygen atoms in total. The highest BCUT2D eigenvalue weighted by molar-refractivity contribution is 7.73. The summed E-state index contributed by atoms with van der Waals surface area (Å²) in [7, 11) is -17.4. The zero-order chi connectivity index (χ0) is 34.7. The zero-order valence-electron chi connectivity index (χ0n) is 28.3. The number of ketones is 1. The van der Waals surface area contributed by atoms with Crippen LogP contribution in [0.15, 0.2) is 24.3 Å². The van der Waals surface area contributed by atoms with Crippen molar-refractivity contribution in [2.24, 2.45) is 0 Å². The van der Waals surface area contributed by atoms with Gasteiger partial charge in [0, 0.05) is 6.42 Å². The molecule has 0 saturated carbocycles. The van der Waals surface area contributed by atoms with E-state index in [0.717, 1.165) is 0 Å². The summed E-state index contributed by atoms with van der Waals surface area (Å²) in [5.41, 5.74) is -0.610. The summed E-state index contributed by atoms with van der Waals surface area (Å²) < 4.78 is 104. The van der Waals surface area contributed by atoms with Crippen molar-refractivity contribution < 1.29 is 59.2 Å². The van der Waals surface area contributed by atoms with Gasteiger partial charge in [-0.15, -0.1) is 0 Å². The lowest BCUT2D eigenvalue weighted by atomic mass is 9.76. The molecule has 0 unspecified atom stereocenters. The van der Waals surface area contributed by atoms with E-state index in [-0.39, 0.29) is 65.1 Å². The Bertz CT molecular complexity index is 1150. The van der Waals surface area contributed by atoms with Gasteiger partial charge in [-0.2, -0.15) is 0 Å². The highest BCUT2D eigenvalue weighted by Crippen LogP contribution is 2.76. The number of rotatable bonds is 24. The summed E-state index contributed by atoms with van der Waals surface area (Å²) in [6, 6.07) is 6.97. The van der Waals surface area contributed by atoms with E-state index in [1.807, 2.05) is 0 Å². The Morgan fingerprint density at radius 2 is 0.826 bits per heavy atom. The summed E-state index contributed by atoms with van der Waals surface area (Å²) in [5, 5.41) is -3.21. The van der Waals surface area contributed by atoms with E-state index >= 15 is 0 Å². The van der Waals surface area contributed by atoms with Crippen molar-refractivity contribution in [3.05, 3.63) is 35.4 Å². The molecule has 0 amide bonds. The van der Waals surface area contributed by atoms with Gasteiger partial charge in [-0.3, -0.25) is 23.1 Å². The number of hydrogen-bond donors (Lipinski definition) is 0. The number of hydrogen-bond acceptors (Lipinski definition) is 13. The van der Waals surface area contributed by atoms with Crippen LogP contribution in [0.1, 0.15) is 79.4 Å². The van der Waals surface area contributed by atoms with Crippen molar-refractivity contribution in [1.82, 2.24) is 0 Å². The molecule has 1 aliphatic rings. The molecule has 1 aromatic carbocycles. The standard InChI is InChI=1S/C29H52O13P4/c1-9-35-43(31,36-10-2)27(44(32,37-11-3)38-12-4)22-29(25-20-18-17-19-24(25)21-26(29)30)23-28(45(33,39-13-5)40-14-6)46(34,41-15-7)42-16-8/h17-20,27-28H,9-16,21-23H2,1-8H3. The first-order chi connectivity index (χ1) is 21.8. The summed E-state index contributed by atoms with van der Waals surface area (Å²) >= 11 is 0. The maximum atomic E-state index is 14.7. The quantitative estimate of drug-likeness (QED) is 0.0932. The predicted octanol–water partition coefficient (Wildman–Crippen LogP) is 8.55. The van der Waals surface area contributed by atoms with Gasteiger partial charge in [-0.25, -0.2) is 0 Å². The van der Waals surface area contributed by atoms with Gasteiger partial charge < -0.3 is 36.2 Å². The molecule has 17 heteroatoms. The maximum absolute atomic E-state index is 14.7. The number of carbonyl (C=O) groups excluding carboxylic acids is 1. The molecule has 1 aliphatic carbocycles. The molecule has 0 N–H and O–H groups in total. The molecule has 46 heavy (non-hydrogen) atoms. The summed E-state index contributed by atoms with van der Waals surface area (Å²) in [6.07, 6.45) is -0.966. The first-order valence-electron chi connectivity index (χ1n) is 16.0. The first kappa shape index (κ1) is 41.7. The van der Waals surface area contributed by atoms with Gasteiger partial charge in [0.25, 0.3) is 0 Å². The minimum absolute atomic E-state index is 0.0576. The van der Waals surface area contributed by atoms with Crippen molar-refractivity contribution in [3.8, 4) is 0 Å². The van der Waals surface area contributed by atoms with Crippen LogP contribution in [0.3, 0.4) is 0 Å². The molecule has 0 saturated heterocycles.